The van der Waals surface area contributed by atoms with Gasteiger partial charge in [-0.25, -0.2) is 0 Å². The molecule has 0 aromatic rings. The van der Waals surface area contributed by atoms with Crippen molar-refractivity contribution in [2.24, 2.45) is 5.73 Å². The van der Waals surface area contributed by atoms with Gasteiger partial charge in [-0.2, -0.15) is 0 Å². The number of carbonyl (C=O) groups excluding carboxylic acids is 1. The monoisotopic (exact) mass is 246 g/mol. The third-order valence-corrected chi connectivity index (χ3v) is 4.18. The molecule has 6 heteroatoms. The Balaban J connectivity index is 2.40. The quantitative estimate of drug-likeness (QED) is 0.721. The summed E-state index contributed by atoms with van der Waals surface area (Å²) in [4.78, 5) is 24.1. The summed E-state index contributed by atoms with van der Waals surface area (Å²) in [6.45, 7) is 5.15. The van der Waals surface area contributed by atoms with E-state index in [-0.39, 0.29) is 5.91 Å². The molecule has 0 unspecified atom stereocenters. The highest BCUT2D eigenvalue weighted by molar-refractivity contribution is 8.01. The lowest BCUT2D eigenvalue weighted by molar-refractivity contribution is -0.139. The summed E-state index contributed by atoms with van der Waals surface area (Å²) in [6.07, 6.45) is 1.06. The molecule has 1 amide bonds. The number of carboxylic acids is 1. The second-order valence-corrected chi connectivity index (χ2v) is 6.07. The molecule has 0 aliphatic carbocycles. The van der Waals surface area contributed by atoms with Crippen LogP contribution in [0.5, 0.6) is 0 Å². The zero-order valence-corrected chi connectivity index (χ0v) is 10.4. The molecule has 1 rings (SSSR count). The maximum Gasteiger partial charge on any atom is 0.321 e. The van der Waals surface area contributed by atoms with E-state index in [1.165, 1.54) is 11.8 Å². The van der Waals surface area contributed by atoms with E-state index in [0.29, 0.717) is 5.75 Å². The number of carbonyl (C=O) groups is 2. The van der Waals surface area contributed by atoms with E-state index < -0.39 is 16.8 Å². The molecular weight excluding hydrogens is 228 g/mol. The van der Waals surface area contributed by atoms with Crippen molar-refractivity contribution in [2.45, 2.75) is 31.1 Å². The lowest BCUT2D eigenvalue weighted by Crippen LogP contribution is -2.48. The number of nitrogens with two attached hydrogens (primary N) is 1. The van der Waals surface area contributed by atoms with Crippen LogP contribution in [0.1, 0.15) is 20.3 Å². The number of aliphatic carboxylic acids is 1. The van der Waals surface area contributed by atoms with Crippen molar-refractivity contribution in [1.82, 2.24) is 4.90 Å². The summed E-state index contributed by atoms with van der Waals surface area (Å²) in [6, 6.07) is -0.957. The highest BCUT2D eigenvalue weighted by atomic mass is 32.2. The number of rotatable bonds is 5. The van der Waals surface area contributed by atoms with Gasteiger partial charge in [-0.15, -0.1) is 11.8 Å². The van der Waals surface area contributed by atoms with Crippen LogP contribution in [0, 0.1) is 0 Å². The van der Waals surface area contributed by atoms with Gasteiger partial charge in [-0.3, -0.25) is 9.59 Å². The topological polar surface area (TPSA) is 83.6 Å². The maximum atomic E-state index is 11.6. The van der Waals surface area contributed by atoms with Gasteiger partial charge in [0.05, 0.1) is 5.75 Å². The van der Waals surface area contributed by atoms with E-state index in [1.54, 1.807) is 18.7 Å². The first-order chi connectivity index (χ1) is 7.34. The summed E-state index contributed by atoms with van der Waals surface area (Å²) in [7, 11) is 0. The van der Waals surface area contributed by atoms with Crippen molar-refractivity contribution < 1.29 is 14.7 Å². The summed E-state index contributed by atoms with van der Waals surface area (Å²) < 4.78 is -0.633. The summed E-state index contributed by atoms with van der Waals surface area (Å²) >= 11 is 1.30. The third-order valence-electron chi connectivity index (χ3n) is 2.79. The molecule has 0 spiro atoms. The van der Waals surface area contributed by atoms with Crippen LogP contribution >= 0.6 is 11.8 Å². The van der Waals surface area contributed by atoms with E-state index in [2.05, 4.69) is 0 Å². The minimum absolute atomic E-state index is 0.0712. The number of thioether (sulfide) groups is 1. The van der Waals surface area contributed by atoms with E-state index in [9.17, 15) is 9.59 Å². The summed E-state index contributed by atoms with van der Waals surface area (Å²) in [5.41, 5.74) is 5.56. The Morgan fingerprint density at radius 1 is 1.50 bits per heavy atom. The van der Waals surface area contributed by atoms with Gasteiger partial charge in [0.1, 0.15) is 6.04 Å². The first-order valence-electron chi connectivity index (χ1n) is 5.24. The van der Waals surface area contributed by atoms with Crippen molar-refractivity contribution in [3.63, 3.8) is 0 Å². The molecule has 0 aromatic carbocycles. The van der Waals surface area contributed by atoms with Gasteiger partial charge in [0.2, 0.25) is 5.91 Å². The van der Waals surface area contributed by atoms with Gasteiger partial charge >= 0.3 is 5.97 Å². The number of likely N-dealkylation sites (tertiary alicyclic amines) is 1. The fourth-order valence-corrected chi connectivity index (χ4v) is 2.25. The summed E-state index contributed by atoms with van der Waals surface area (Å²) in [5.74, 6) is -0.663. The molecule has 5 nitrogen and oxygen atoms in total. The molecule has 92 valence electrons. The second-order valence-electron chi connectivity index (χ2n) is 4.44. The molecular formula is C10H18N2O3S. The number of amides is 1. The van der Waals surface area contributed by atoms with Crippen LogP contribution in [-0.2, 0) is 9.59 Å². The molecule has 1 fully saturated rings. The van der Waals surface area contributed by atoms with Crippen LogP contribution in [0.3, 0.4) is 0 Å². The number of hydrogen-bond donors (Lipinski definition) is 2. The number of hydrogen-bond acceptors (Lipinski definition) is 4. The van der Waals surface area contributed by atoms with Crippen LogP contribution in [-0.4, -0.2) is 51.5 Å². The third kappa shape index (κ3) is 3.12. The molecule has 0 radical (unpaired) electrons. The Morgan fingerprint density at radius 3 is 2.44 bits per heavy atom. The molecule has 3 N–H and O–H groups in total. The van der Waals surface area contributed by atoms with Gasteiger partial charge in [-0.05, 0) is 20.3 Å². The first kappa shape index (κ1) is 13.3. The van der Waals surface area contributed by atoms with Gasteiger partial charge in [0, 0.05) is 17.8 Å². The molecule has 1 aliphatic rings. The number of carboxylic acid groups (broad SMARTS) is 1. The lowest BCUT2D eigenvalue weighted by Gasteiger charge is -2.33. The Hall–Kier alpha value is -0.750. The second kappa shape index (κ2) is 5.05. The zero-order valence-electron chi connectivity index (χ0n) is 9.60. The molecule has 1 aliphatic heterocycles. The van der Waals surface area contributed by atoms with Gasteiger partial charge in [0.15, 0.2) is 0 Å². The van der Waals surface area contributed by atoms with Crippen LogP contribution < -0.4 is 5.73 Å². The molecule has 0 aromatic heterocycles. The fraction of sp³-hybridized carbons (Fsp3) is 0.800. The lowest BCUT2D eigenvalue weighted by atomic mass is 10.1. The Kier molecular flexibility index (Phi) is 4.21. The minimum Gasteiger partial charge on any atom is -0.480 e. The van der Waals surface area contributed by atoms with Gasteiger partial charge in [-0.1, -0.05) is 0 Å². The van der Waals surface area contributed by atoms with E-state index in [0.717, 1.165) is 19.5 Å². The van der Waals surface area contributed by atoms with Crippen molar-refractivity contribution >= 4 is 23.6 Å². The molecule has 16 heavy (non-hydrogen) atoms. The fourth-order valence-electron chi connectivity index (χ4n) is 1.29. The first-order valence-corrected chi connectivity index (χ1v) is 6.23. The summed E-state index contributed by atoms with van der Waals surface area (Å²) in [5, 5.41) is 8.82. The molecule has 0 bridgehead atoms. The largest absolute Gasteiger partial charge is 0.480 e. The van der Waals surface area contributed by atoms with Crippen LogP contribution in [0.25, 0.3) is 0 Å². The highest BCUT2D eigenvalue weighted by Gasteiger charge is 2.34. The van der Waals surface area contributed by atoms with E-state index >= 15 is 0 Å². The van der Waals surface area contributed by atoms with Crippen molar-refractivity contribution in [3.05, 3.63) is 0 Å². The Morgan fingerprint density at radius 2 is 2.06 bits per heavy atom. The maximum absolute atomic E-state index is 11.6. The van der Waals surface area contributed by atoms with Crippen molar-refractivity contribution in [2.75, 3.05) is 18.8 Å². The molecule has 0 saturated carbocycles. The predicted molar refractivity (Wildman–Crippen MR) is 63.3 cm³/mol. The number of nitrogens with zero attached hydrogens (tertiary/aromatic N) is 1. The van der Waals surface area contributed by atoms with Crippen LogP contribution in [0.15, 0.2) is 0 Å². The zero-order chi connectivity index (χ0) is 12.3. The van der Waals surface area contributed by atoms with Crippen molar-refractivity contribution in [1.29, 1.82) is 0 Å². The average molecular weight is 246 g/mol. The van der Waals surface area contributed by atoms with E-state index in [4.69, 9.17) is 10.8 Å². The molecule has 1 saturated heterocycles. The van der Waals surface area contributed by atoms with Gasteiger partial charge in [0.25, 0.3) is 0 Å². The van der Waals surface area contributed by atoms with Crippen LogP contribution in [0.2, 0.25) is 0 Å². The standard InChI is InChI=1S/C10H18N2O3S/c1-10(2,8(11)9(14)15)16-6-7(13)12-4-3-5-12/h8H,3-6,11H2,1-2H3,(H,14,15)/t8-/m1/s1. The normalized spacial score (nSPS) is 17.8. The minimum atomic E-state index is -1.03. The van der Waals surface area contributed by atoms with Gasteiger partial charge < -0.3 is 15.7 Å². The molecule has 1 atom stereocenters. The van der Waals surface area contributed by atoms with Crippen molar-refractivity contribution in [3.8, 4) is 0 Å². The predicted octanol–water partition coefficient (Wildman–Crippen LogP) is 0.142. The Bertz CT molecular complexity index is 290. The molecule has 1 heterocycles. The Labute approximate surface area is 99.4 Å². The SMILES string of the molecule is CC(C)(SCC(=O)N1CCC1)[C@H](N)C(=O)O. The average Bonchev–Trinajstić information content (AvgIpc) is 2.10. The highest BCUT2D eigenvalue weighted by Crippen LogP contribution is 2.28. The smallest absolute Gasteiger partial charge is 0.321 e. The van der Waals surface area contributed by atoms with E-state index in [1.807, 2.05) is 0 Å². The van der Waals surface area contributed by atoms with Crippen LogP contribution in [0.4, 0.5) is 0 Å².